The molecule has 2 rings (SSSR count). The summed E-state index contributed by atoms with van der Waals surface area (Å²) in [6.45, 7) is 7.79. The molecule has 0 unspecified atom stereocenters. The molecule has 3 heteroatoms. The number of phenolic OH excluding ortho intramolecular Hbond substituents is 1. The van der Waals surface area contributed by atoms with E-state index in [1.54, 1.807) is 6.07 Å². The van der Waals surface area contributed by atoms with Gasteiger partial charge in [-0.05, 0) is 24.0 Å². The molecule has 1 N–H and O–H groups in total. The molecule has 0 saturated heterocycles. The maximum Gasteiger partial charge on any atom is 0.167 e. The fourth-order valence-corrected chi connectivity index (χ4v) is 2.37. The molecule has 0 aliphatic carbocycles. The van der Waals surface area contributed by atoms with E-state index in [4.69, 9.17) is 4.74 Å². The Morgan fingerprint density at radius 2 is 1.73 bits per heavy atom. The van der Waals surface area contributed by atoms with Crippen LogP contribution in [0.2, 0.25) is 0 Å². The lowest BCUT2D eigenvalue weighted by molar-refractivity contribution is 0.101. The summed E-state index contributed by atoms with van der Waals surface area (Å²) >= 11 is 0. The Morgan fingerprint density at radius 1 is 1.09 bits per heavy atom. The first-order valence-corrected chi connectivity index (χ1v) is 7.35. The van der Waals surface area contributed by atoms with Gasteiger partial charge in [0.2, 0.25) is 0 Å². The zero-order chi connectivity index (χ0) is 16.3. The van der Waals surface area contributed by atoms with Gasteiger partial charge in [0, 0.05) is 5.56 Å². The SMILES string of the molecule is CC(=O)c1c(OCc2ccccc2)ccc(C(C)(C)C)c1O. The maximum atomic E-state index is 11.9. The van der Waals surface area contributed by atoms with Crippen LogP contribution in [0.3, 0.4) is 0 Å². The Balaban J connectivity index is 2.36. The zero-order valence-corrected chi connectivity index (χ0v) is 13.5. The number of carbonyl (C=O) groups is 1. The van der Waals surface area contributed by atoms with Crippen LogP contribution in [0, 0.1) is 0 Å². The second-order valence-electron chi connectivity index (χ2n) is 6.42. The highest BCUT2D eigenvalue weighted by molar-refractivity contribution is 6.00. The van der Waals surface area contributed by atoms with Crippen molar-refractivity contribution in [1.29, 1.82) is 0 Å². The highest BCUT2D eigenvalue weighted by Gasteiger charge is 2.24. The van der Waals surface area contributed by atoms with Crippen molar-refractivity contribution in [1.82, 2.24) is 0 Å². The Hall–Kier alpha value is -2.29. The summed E-state index contributed by atoms with van der Waals surface area (Å²) in [6.07, 6.45) is 0. The Bertz CT molecular complexity index is 667. The van der Waals surface area contributed by atoms with E-state index in [9.17, 15) is 9.90 Å². The number of hydrogen-bond donors (Lipinski definition) is 1. The third kappa shape index (κ3) is 3.48. The molecular formula is C19H22O3. The van der Waals surface area contributed by atoms with Gasteiger partial charge < -0.3 is 9.84 Å². The summed E-state index contributed by atoms with van der Waals surface area (Å²) < 4.78 is 5.75. The predicted molar refractivity (Wildman–Crippen MR) is 87.6 cm³/mol. The van der Waals surface area contributed by atoms with Gasteiger partial charge in [-0.25, -0.2) is 0 Å². The molecule has 22 heavy (non-hydrogen) atoms. The average molecular weight is 298 g/mol. The van der Waals surface area contributed by atoms with Crippen molar-refractivity contribution in [2.45, 2.75) is 39.7 Å². The number of ketones is 1. The summed E-state index contributed by atoms with van der Waals surface area (Å²) in [4.78, 5) is 11.9. The van der Waals surface area contributed by atoms with Crippen LogP contribution in [0.25, 0.3) is 0 Å². The summed E-state index contributed by atoms with van der Waals surface area (Å²) in [5, 5.41) is 10.5. The second-order valence-corrected chi connectivity index (χ2v) is 6.42. The summed E-state index contributed by atoms with van der Waals surface area (Å²) in [6, 6.07) is 13.3. The number of phenols is 1. The fourth-order valence-electron chi connectivity index (χ4n) is 2.37. The molecule has 0 aliphatic heterocycles. The molecule has 0 bridgehead atoms. The number of benzene rings is 2. The lowest BCUT2D eigenvalue weighted by Gasteiger charge is -2.23. The molecule has 0 aliphatic rings. The Morgan fingerprint density at radius 3 is 2.27 bits per heavy atom. The lowest BCUT2D eigenvalue weighted by atomic mass is 9.84. The lowest BCUT2D eigenvalue weighted by Crippen LogP contribution is -2.13. The number of carbonyl (C=O) groups excluding carboxylic acids is 1. The van der Waals surface area contributed by atoms with E-state index >= 15 is 0 Å². The minimum Gasteiger partial charge on any atom is -0.507 e. The first-order valence-electron chi connectivity index (χ1n) is 7.35. The van der Waals surface area contributed by atoms with Crippen molar-refractivity contribution < 1.29 is 14.6 Å². The minimum absolute atomic E-state index is 0.0190. The van der Waals surface area contributed by atoms with Crippen molar-refractivity contribution >= 4 is 5.78 Å². The quantitative estimate of drug-likeness (QED) is 0.847. The van der Waals surface area contributed by atoms with Gasteiger partial charge in [-0.3, -0.25) is 4.79 Å². The molecular weight excluding hydrogens is 276 g/mol. The van der Waals surface area contributed by atoms with E-state index in [1.165, 1.54) is 6.92 Å². The van der Waals surface area contributed by atoms with Gasteiger partial charge in [0.15, 0.2) is 5.78 Å². The molecule has 0 amide bonds. The summed E-state index contributed by atoms with van der Waals surface area (Å²) in [5.41, 5.74) is 1.76. The van der Waals surface area contributed by atoms with Crippen molar-refractivity contribution in [2.24, 2.45) is 0 Å². The largest absolute Gasteiger partial charge is 0.507 e. The fraction of sp³-hybridized carbons (Fsp3) is 0.316. The molecule has 2 aromatic carbocycles. The van der Waals surface area contributed by atoms with Gasteiger partial charge in [-0.15, -0.1) is 0 Å². The third-order valence-corrected chi connectivity index (χ3v) is 3.54. The van der Waals surface area contributed by atoms with E-state index in [2.05, 4.69) is 0 Å². The topological polar surface area (TPSA) is 46.5 Å². The van der Waals surface area contributed by atoms with Crippen LogP contribution < -0.4 is 4.74 Å². The van der Waals surface area contributed by atoms with Gasteiger partial charge in [0.05, 0.1) is 0 Å². The van der Waals surface area contributed by atoms with E-state index in [0.29, 0.717) is 12.4 Å². The minimum atomic E-state index is -0.244. The van der Waals surface area contributed by atoms with Gasteiger partial charge in [0.25, 0.3) is 0 Å². The van der Waals surface area contributed by atoms with Crippen molar-refractivity contribution in [3.8, 4) is 11.5 Å². The van der Waals surface area contributed by atoms with Crippen LogP contribution in [-0.2, 0) is 12.0 Å². The van der Waals surface area contributed by atoms with Crippen LogP contribution in [-0.4, -0.2) is 10.9 Å². The summed E-state index contributed by atoms with van der Waals surface area (Å²) in [5.74, 6) is 0.235. The third-order valence-electron chi connectivity index (χ3n) is 3.54. The highest BCUT2D eigenvalue weighted by Crippen LogP contribution is 2.38. The molecule has 116 valence electrons. The van der Waals surface area contributed by atoms with Gasteiger partial charge in [-0.2, -0.15) is 0 Å². The van der Waals surface area contributed by atoms with Crippen LogP contribution in [0.5, 0.6) is 11.5 Å². The van der Waals surface area contributed by atoms with Crippen LogP contribution in [0.4, 0.5) is 0 Å². The first kappa shape index (κ1) is 16.1. The average Bonchev–Trinajstić information content (AvgIpc) is 2.44. The molecule has 0 atom stereocenters. The smallest absolute Gasteiger partial charge is 0.167 e. The summed E-state index contributed by atoms with van der Waals surface area (Å²) in [7, 11) is 0. The van der Waals surface area contributed by atoms with E-state index in [-0.39, 0.29) is 22.5 Å². The number of Topliss-reactive ketones (excluding diaryl/α,β-unsaturated/α-hetero) is 1. The van der Waals surface area contributed by atoms with Crippen LogP contribution in [0.1, 0.15) is 49.2 Å². The number of aromatic hydroxyl groups is 1. The second kappa shape index (κ2) is 6.22. The maximum absolute atomic E-state index is 11.9. The van der Waals surface area contributed by atoms with E-state index in [0.717, 1.165) is 11.1 Å². The number of rotatable bonds is 4. The molecule has 0 saturated carbocycles. The van der Waals surface area contributed by atoms with E-state index in [1.807, 2.05) is 57.2 Å². The van der Waals surface area contributed by atoms with Gasteiger partial charge in [0.1, 0.15) is 23.7 Å². The molecule has 3 nitrogen and oxygen atoms in total. The van der Waals surface area contributed by atoms with Crippen molar-refractivity contribution in [2.75, 3.05) is 0 Å². The van der Waals surface area contributed by atoms with Gasteiger partial charge in [-0.1, -0.05) is 57.2 Å². The molecule has 0 heterocycles. The monoisotopic (exact) mass is 298 g/mol. The highest BCUT2D eigenvalue weighted by atomic mass is 16.5. The van der Waals surface area contributed by atoms with Crippen LogP contribution >= 0.6 is 0 Å². The van der Waals surface area contributed by atoms with Crippen LogP contribution in [0.15, 0.2) is 42.5 Å². The molecule has 0 aromatic heterocycles. The standard InChI is InChI=1S/C19H22O3/c1-13(20)17-16(22-12-14-8-6-5-7-9-14)11-10-15(18(17)21)19(2,3)4/h5-11,21H,12H2,1-4H3. The molecule has 0 radical (unpaired) electrons. The van der Waals surface area contributed by atoms with E-state index < -0.39 is 0 Å². The first-order chi connectivity index (χ1) is 10.3. The number of ether oxygens (including phenoxy) is 1. The van der Waals surface area contributed by atoms with Gasteiger partial charge >= 0.3 is 0 Å². The number of hydrogen-bond acceptors (Lipinski definition) is 3. The zero-order valence-electron chi connectivity index (χ0n) is 13.5. The Labute approximate surface area is 131 Å². The molecule has 0 spiro atoms. The molecule has 2 aromatic rings. The Kier molecular flexibility index (Phi) is 4.55. The predicted octanol–water partition coefficient (Wildman–Crippen LogP) is 4.47. The normalized spacial score (nSPS) is 11.3. The molecule has 0 fully saturated rings. The van der Waals surface area contributed by atoms with Crippen molar-refractivity contribution in [3.05, 3.63) is 59.2 Å². The van der Waals surface area contributed by atoms with Crippen molar-refractivity contribution in [3.63, 3.8) is 0 Å².